The van der Waals surface area contributed by atoms with Crippen molar-refractivity contribution in [3.05, 3.63) is 51.2 Å². The minimum absolute atomic E-state index is 0.101. The summed E-state index contributed by atoms with van der Waals surface area (Å²) in [6.45, 7) is 2.48. The molecule has 0 radical (unpaired) electrons. The van der Waals surface area contributed by atoms with Crippen molar-refractivity contribution in [2.45, 2.75) is 38.8 Å². The molecule has 7 nitrogen and oxygen atoms in total. The third-order valence-corrected chi connectivity index (χ3v) is 5.04. The lowest BCUT2D eigenvalue weighted by atomic mass is 10.0. The number of aromatic hydroxyl groups is 2. The largest absolute Gasteiger partial charge is 0.504 e. The van der Waals surface area contributed by atoms with Crippen LogP contribution in [0.2, 0.25) is 0 Å². The number of aromatic nitrogens is 2. The molecule has 136 valence electrons. The molecule has 1 aromatic heterocycles. The SMILES string of the molecule is O=c1[nH]c(C2=NCCCC2)nc2c1CN(Cc1cccc(O)c1O)CC2. The second-order valence-corrected chi connectivity index (χ2v) is 6.87. The van der Waals surface area contributed by atoms with E-state index in [9.17, 15) is 15.0 Å². The number of phenolic OH excluding ortho intramolecular Hbond substituents is 2. The van der Waals surface area contributed by atoms with Crippen molar-refractivity contribution < 1.29 is 10.2 Å². The third-order valence-electron chi connectivity index (χ3n) is 5.04. The number of fused-ring (bicyclic) bond motifs is 1. The van der Waals surface area contributed by atoms with Crippen LogP contribution in [0.4, 0.5) is 0 Å². The molecule has 2 aliphatic rings. The average molecular weight is 354 g/mol. The van der Waals surface area contributed by atoms with Gasteiger partial charge in [0.1, 0.15) is 0 Å². The van der Waals surface area contributed by atoms with Crippen molar-refractivity contribution in [1.82, 2.24) is 14.9 Å². The highest BCUT2D eigenvalue weighted by molar-refractivity contribution is 5.97. The van der Waals surface area contributed by atoms with E-state index in [1.165, 1.54) is 6.07 Å². The highest BCUT2D eigenvalue weighted by Gasteiger charge is 2.23. The third kappa shape index (κ3) is 3.22. The van der Waals surface area contributed by atoms with Gasteiger partial charge in [0, 0.05) is 38.2 Å². The fourth-order valence-electron chi connectivity index (χ4n) is 3.59. The lowest BCUT2D eigenvalue weighted by molar-refractivity contribution is 0.237. The number of hydrogen-bond acceptors (Lipinski definition) is 6. The molecular formula is C19H22N4O3. The molecule has 0 bridgehead atoms. The molecule has 3 N–H and O–H groups in total. The van der Waals surface area contributed by atoms with Gasteiger partial charge in [-0.1, -0.05) is 12.1 Å². The van der Waals surface area contributed by atoms with Crippen LogP contribution in [-0.2, 0) is 19.5 Å². The molecule has 0 fully saturated rings. The molecule has 0 saturated heterocycles. The molecule has 0 saturated carbocycles. The molecule has 2 aliphatic heterocycles. The summed E-state index contributed by atoms with van der Waals surface area (Å²) in [6.07, 6.45) is 3.72. The van der Waals surface area contributed by atoms with Crippen LogP contribution in [0.5, 0.6) is 11.5 Å². The molecule has 0 spiro atoms. The Balaban J connectivity index is 1.56. The second kappa shape index (κ2) is 6.92. The molecule has 4 rings (SSSR count). The number of aromatic amines is 1. The minimum Gasteiger partial charge on any atom is -0.504 e. The smallest absolute Gasteiger partial charge is 0.255 e. The van der Waals surface area contributed by atoms with Gasteiger partial charge in [-0.2, -0.15) is 0 Å². The van der Waals surface area contributed by atoms with E-state index in [-0.39, 0.29) is 17.1 Å². The summed E-state index contributed by atoms with van der Waals surface area (Å²) < 4.78 is 0. The fourth-order valence-corrected chi connectivity index (χ4v) is 3.59. The Kier molecular flexibility index (Phi) is 4.46. The van der Waals surface area contributed by atoms with Crippen molar-refractivity contribution in [3.8, 4) is 11.5 Å². The Morgan fingerprint density at radius 3 is 2.88 bits per heavy atom. The van der Waals surface area contributed by atoms with Crippen LogP contribution in [0, 0.1) is 0 Å². The number of hydrogen-bond donors (Lipinski definition) is 3. The van der Waals surface area contributed by atoms with Crippen LogP contribution in [0.25, 0.3) is 0 Å². The predicted molar refractivity (Wildman–Crippen MR) is 97.7 cm³/mol. The van der Waals surface area contributed by atoms with Gasteiger partial charge in [-0.05, 0) is 25.3 Å². The number of phenols is 2. The molecule has 0 unspecified atom stereocenters. The summed E-state index contributed by atoms with van der Waals surface area (Å²) in [4.78, 5) is 26.7. The fraction of sp³-hybridized carbons (Fsp3) is 0.421. The number of nitrogens with one attached hydrogen (secondary N) is 1. The van der Waals surface area contributed by atoms with Gasteiger partial charge in [0.15, 0.2) is 17.3 Å². The van der Waals surface area contributed by atoms with Crippen LogP contribution in [-0.4, -0.2) is 43.9 Å². The van der Waals surface area contributed by atoms with Crippen LogP contribution in [0.1, 0.15) is 41.9 Å². The number of H-pyrrole nitrogens is 1. The predicted octanol–water partition coefficient (Wildman–Crippen LogP) is 1.71. The zero-order valence-corrected chi connectivity index (χ0v) is 14.5. The lowest BCUT2D eigenvalue weighted by Crippen LogP contribution is -2.36. The Labute approximate surface area is 151 Å². The van der Waals surface area contributed by atoms with Crippen LogP contribution >= 0.6 is 0 Å². The molecule has 26 heavy (non-hydrogen) atoms. The molecular weight excluding hydrogens is 332 g/mol. The van der Waals surface area contributed by atoms with Crippen molar-refractivity contribution in [3.63, 3.8) is 0 Å². The van der Waals surface area contributed by atoms with E-state index in [0.29, 0.717) is 36.5 Å². The Morgan fingerprint density at radius 1 is 1.19 bits per heavy atom. The van der Waals surface area contributed by atoms with E-state index < -0.39 is 0 Å². The van der Waals surface area contributed by atoms with Gasteiger partial charge in [0.05, 0.1) is 17.0 Å². The van der Waals surface area contributed by atoms with Crippen molar-refractivity contribution in [2.75, 3.05) is 13.1 Å². The molecule has 1 aromatic carbocycles. The van der Waals surface area contributed by atoms with Gasteiger partial charge < -0.3 is 15.2 Å². The number of nitrogens with zero attached hydrogens (tertiary/aromatic N) is 3. The first kappa shape index (κ1) is 16.8. The maximum Gasteiger partial charge on any atom is 0.255 e. The molecule has 0 aliphatic carbocycles. The van der Waals surface area contributed by atoms with E-state index >= 15 is 0 Å². The maximum absolute atomic E-state index is 12.6. The van der Waals surface area contributed by atoms with E-state index in [4.69, 9.17) is 0 Å². The van der Waals surface area contributed by atoms with Gasteiger partial charge in [-0.25, -0.2) is 4.98 Å². The lowest BCUT2D eigenvalue weighted by Gasteiger charge is -2.28. The zero-order valence-electron chi connectivity index (χ0n) is 14.5. The summed E-state index contributed by atoms with van der Waals surface area (Å²) >= 11 is 0. The number of rotatable bonds is 3. The molecule has 0 atom stereocenters. The Bertz CT molecular complexity index is 919. The first-order valence-corrected chi connectivity index (χ1v) is 9.00. The highest BCUT2D eigenvalue weighted by Crippen LogP contribution is 2.30. The van der Waals surface area contributed by atoms with E-state index in [0.717, 1.165) is 43.8 Å². The van der Waals surface area contributed by atoms with Gasteiger partial charge >= 0.3 is 0 Å². The molecule has 2 aromatic rings. The molecule has 3 heterocycles. The Hall–Kier alpha value is -2.67. The van der Waals surface area contributed by atoms with E-state index in [1.807, 2.05) is 0 Å². The topological polar surface area (TPSA) is 102 Å². The van der Waals surface area contributed by atoms with Gasteiger partial charge in [0.25, 0.3) is 5.56 Å². The summed E-state index contributed by atoms with van der Waals surface area (Å²) in [6, 6.07) is 4.93. The normalized spacial score (nSPS) is 17.6. The van der Waals surface area contributed by atoms with Gasteiger partial charge in [-0.15, -0.1) is 0 Å². The summed E-state index contributed by atoms with van der Waals surface area (Å²) in [5.74, 6) is 0.390. The van der Waals surface area contributed by atoms with Crippen LogP contribution in [0.3, 0.4) is 0 Å². The quantitative estimate of drug-likeness (QED) is 0.729. The van der Waals surface area contributed by atoms with E-state index in [1.54, 1.807) is 12.1 Å². The van der Waals surface area contributed by atoms with Gasteiger partial charge in [0.2, 0.25) is 0 Å². The van der Waals surface area contributed by atoms with Crippen molar-refractivity contribution in [2.24, 2.45) is 4.99 Å². The summed E-state index contributed by atoms with van der Waals surface area (Å²) in [7, 11) is 0. The molecule has 7 heteroatoms. The number of benzene rings is 1. The summed E-state index contributed by atoms with van der Waals surface area (Å²) in [5.41, 5.74) is 2.96. The highest BCUT2D eigenvalue weighted by atomic mass is 16.3. The Morgan fingerprint density at radius 2 is 2.08 bits per heavy atom. The summed E-state index contributed by atoms with van der Waals surface area (Å²) in [5, 5.41) is 19.6. The number of para-hydroxylation sites is 1. The van der Waals surface area contributed by atoms with E-state index in [2.05, 4.69) is 19.9 Å². The first-order chi connectivity index (χ1) is 12.6. The monoisotopic (exact) mass is 354 g/mol. The zero-order chi connectivity index (χ0) is 18.1. The molecule has 0 amide bonds. The van der Waals surface area contributed by atoms with Crippen molar-refractivity contribution in [1.29, 1.82) is 0 Å². The van der Waals surface area contributed by atoms with Crippen molar-refractivity contribution >= 4 is 5.71 Å². The van der Waals surface area contributed by atoms with Gasteiger partial charge in [-0.3, -0.25) is 14.7 Å². The van der Waals surface area contributed by atoms with Crippen LogP contribution in [0.15, 0.2) is 28.0 Å². The average Bonchev–Trinajstić information content (AvgIpc) is 2.66. The maximum atomic E-state index is 12.6. The standard InChI is InChI=1S/C19H22N4O3/c24-16-6-3-4-12(17(16)25)10-23-9-7-14-13(11-23)19(26)22-18(21-14)15-5-1-2-8-20-15/h3-4,6,24-25H,1-2,5,7-11H2,(H,21,22,26). The van der Waals surface area contributed by atoms with Crippen LogP contribution < -0.4 is 5.56 Å². The number of aliphatic imine (C=N–C) groups is 1. The first-order valence-electron chi connectivity index (χ1n) is 9.00. The second-order valence-electron chi connectivity index (χ2n) is 6.87. The minimum atomic E-state index is -0.127.